The van der Waals surface area contributed by atoms with E-state index in [-0.39, 0.29) is 22.6 Å². The Balaban J connectivity index is 4.64. The monoisotopic (exact) mass is 303 g/mol. The van der Waals surface area contributed by atoms with E-state index < -0.39 is 0 Å². The maximum Gasteiger partial charge on any atom is 0.239 e. The van der Waals surface area contributed by atoms with E-state index in [4.69, 9.17) is 0 Å². The highest BCUT2D eigenvalue weighted by Crippen LogP contribution is 2.15. The lowest BCUT2D eigenvalue weighted by molar-refractivity contribution is -0.137. The SMILES string of the molecule is C=S(C)N(C)CCC(CC)N(C)C(=O)C(CC)N(C)C. The first-order chi connectivity index (χ1) is 9.26. The van der Waals surface area contributed by atoms with Gasteiger partial charge in [-0.1, -0.05) is 19.7 Å². The van der Waals surface area contributed by atoms with Crippen molar-refractivity contribution in [2.24, 2.45) is 0 Å². The van der Waals surface area contributed by atoms with Gasteiger partial charge in [0.2, 0.25) is 5.91 Å². The number of carbonyl (C=O) groups excluding carboxylic acids is 1. The van der Waals surface area contributed by atoms with Crippen molar-refractivity contribution in [3.05, 3.63) is 0 Å². The van der Waals surface area contributed by atoms with Crippen LogP contribution in [0.3, 0.4) is 0 Å². The Morgan fingerprint density at radius 1 is 1.15 bits per heavy atom. The zero-order valence-electron chi connectivity index (χ0n) is 14.3. The molecule has 0 aromatic heterocycles. The summed E-state index contributed by atoms with van der Waals surface area (Å²) in [7, 11) is 8.04. The number of amides is 1. The average Bonchev–Trinajstić information content (AvgIpc) is 2.38. The third-order valence-corrected chi connectivity index (χ3v) is 5.22. The number of nitrogens with zero attached hydrogens (tertiary/aromatic N) is 3. The van der Waals surface area contributed by atoms with E-state index in [0.717, 1.165) is 25.8 Å². The zero-order chi connectivity index (χ0) is 15.9. The molecule has 0 N–H and O–H groups in total. The predicted molar refractivity (Wildman–Crippen MR) is 92.5 cm³/mol. The van der Waals surface area contributed by atoms with Crippen LogP contribution in [0.2, 0.25) is 0 Å². The van der Waals surface area contributed by atoms with Crippen LogP contribution in [0.5, 0.6) is 0 Å². The van der Waals surface area contributed by atoms with Gasteiger partial charge in [-0.25, -0.2) is 0 Å². The van der Waals surface area contributed by atoms with Crippen LogP contribution in [0.25, 0.3) is 0 Å². The number of hydrogen-bond donors (Lipinski definition) is 0. The van der Waals surface area contributed by atoms with Gasteiger partial charge < -0.3 is 4.90 Å². The summed E-state index contributed by atoms with van der Waals surface area (Å²) in [4.78, 5) is 16.5. The van der Waals surface area contributed by atoms with Crippen LogP contribution >= 0.6 is 10.7 Å². The fourth-order valence-electron chi connectivity index (χ4n) is 2.33. The van der Waals surface area contributed by atoms with E-state index in [1.54, 1.807) is 0 Å². The fraction of sp³-hybridized carbons (Fsp3) is 0.867. The summed E-state index contributed by atoms with van der Waals surface area (Å²) in [5.74, 6) is 4.29. The van der Waals surface area contributed by atoms with Crippen molar-refractivity contribution in [3.8, 4) is 0 Å². The maximum absolute atomic E-state index is 12.6. The van der Waals surface area contributed by atoms with Crippen LogP contribution in [0, 0.1) is 0 Å². The Bertz CT molecular complexity index is 320. The van der Waals surface area contributed by atoms with Gasteiger partial charge in [-0.05, 0) is 46.7 Å². The molecular weight excluding hydrogens is 270 g/mol. The van der Waals surface area contributed by atoms with Crippen LogP contribution in [-0.2, 0) is 4.79 Å². The van der Waals surface area contributed by atoms with Gasteiger partial charge in [-0.15, -0.1) is 10.7 Å². The largest absolute Gasteiger partial charge is 0.341 e. The highest BCUT2D eigenvalue weighted by molar-refractivity contribution is 8.11. The zero-order valence-corrected chi connectivity index (χ0v) is 15.2. The summed E-state index contributed by atoms with van der Waals surface area (Å²) in [6.45, 7) is 5.20. The van der Waals surface area contributed by atoms with E-state index in [9.17, 15) is 4.79 Å². The molecule has 0 aromatic rings. The van der Waals surface area contributed by atoms with Crippen molar-refractivity contribution in [2.75, 3.05) is 41.0 Å². The molecule has 1 amide bonds. The third-order valence-electron chi connectivity index (χ3n) is 3.97. The van der Waals surface area contributed by atoms with Gasteiger partial charge in [-0.3, -0.25) is 14.0 Å². The van der Waals surface area contributed by atoms with Gasteiger partial charge in [0.1, 0.15) is 0 Å². The lowest BCUT2D eigenvalue weighted by Gasteiger charge is -2.33. The minimum absolute atomic E-state index is 0.0135. The van der Waals surface area contributed by atoms with Crippen molar-refractivity contribution < 1.29 is 4.79 Å². The van der Waals surface area contributed by atoms with Crippen LogP contribution in [0.4, 0.5) is 0 Å². The van der Waals surface area contributed by atoms with Crippen molar-refractivity contribution in [1.82, 2.24) is 14.1 Å². The number of carbonyl (C=O) groups is 1. The number of likely N-dealkylation sites (N-methyl/N-ethyl adjacent to an activating group) is 2. The second-order valence-electron chi connectivity index (χ2n) is 5.64. The second kappa shape index (κ2) is 9.53. The molecule has 4 nitrogen and oxygen atoms in total. The maximum atomic E-state index is 12.6. The molecule has 3 atom stereocenters. The Labute approximate surface area is 128 Å². The highest BCUT2D eigenvalue weighted by Gasteiger charge is 2.26. The van der Waals surface area contributed by atoms with Crippen LogP contribution in [0.15, 0.2) is 0 Å². The van der Waals surface area contributed by atoms with Crippen molar-refractivity contribution in [1.29, 1.82) is 0 Å². The number of rotatable bonds is 9. The topological polar surface area (TPSA) is 26.8 Å². The fourth-order valence-corrected chi connectivity index (χ4v) is 2.75. The molecule has 0 aliphatic heterocycles. The molecule has 20 heavy (non-hydrogen) atoms. The minimum Gasteiger partial charge on any atom is -0.341 e. The molecular formula is C15H33N3OS. The van der Waals surface area contributed by atoms with E-state index in [1.165, 1.54) is 0 Å². The van der Waals surface area contributed by atoms with Gasteiger partial charge >= 0.3 is 0 Å². The van der Waals surface area contributed by atoms with E-state index in [1.807, 2.05) is 30.9 Å². The predicted octanol–water partition coefficient (Wildman–Crippen LogP) is 2.13. The Morgan fingerprint density at radius 2 is 1.70 bits per heavy atom. The van der Waals surface area contributed by atoms with Gasteiger partial charge in [0.05, 0.1) is 6.04 Å². The summed E-state index contributed by atoms with van der Waals surface area (Å²) in [6.07, 6.45) is 4.97. The van der Waals surface area contributed by atoms with Gasteiger partial charge in [0.15, 0.2) is 0 Å². The summed E-state index contributed by atoms with van der Waals surface area (Å²) >= 11 is 0. The van der Waals surface area contributed by atoms with Crippen molar-refractivity contribution in [2.45, 2.75) is 45.2 Å². The van der Waals surface area contributed by atoms with E-state index in [0.29, 0.717) is 6.04 Å². The molecule has 0 rings (SSSR count). The number of hydrogen-bond acceptors (Lipinski definition) is 3. The molecule has 0 aliphatic rings. The summed E-state index contributed by atoms with van der Waals surface area (Å²) in [5.41, 5.74) is 0. The first kappa shape index (κ1) is 19.6. The van der Waals surface area contributed by atoms with Crippen molar-refractivity contribution in [3.63, 3.8) is 0 Å². The molecule has 5 heteroatoms. The lowest BCUT2D eigenvalue weighted by Crippen LogP contribution is -2.48. The molecule has 0 aliphatic carbocycles. The van der Waals surface area contributed by atoms with Gasteiger partial charge in [-0.2, -0.15) is 0 Å². The summed E-state index contributed by atoms with van der Waals surface area (Å²) < 4.78 is 2.25. The molecule has 0 heterocycles. The summed E-state index contributed by atoms with van der Waals surface area (Å²) in [6, 6.07) is 0.294. The normalized spacial score (nSPS) is 16.2. The quantitative estimate of drug-likeness (QED) is 0.611. The third kappa shape index (κ3) is 5.94. The van der Waals surface area contributed by atoms with Crippen molar-refractivity contribution >= 4 is 22.4 Å². The first-order valence-electron chi connectivity index (χ1n) is 7.36. The van der Waals surface area contributed by atoms with Gasteiger partial charge in [0.25, 0.3) is 0 Å². The van der Waals surface area contributed by atoms with Crippen LogP contribution in [0.1, 0.15) is 33.1 Å². The molecule has 120 valence electrons. The highest BCUT2D eigenvalue weighted by atomic mass is 32.2. The average molecular weight is 304 g/mol. The lowest BCUT2D eigenvalue weighted by atomic mass is 10.1. The Hall–Kier alpha value is -0.390. The van der Waals surface area contributed by atoms with Gasteiger partial charge in [0, 0.05) is 19.6 Å². The molecule has 3 unspecified atom stereocenters. The second-order valence-corrected chi connectivity index (χ2v) is 7.46. The molecule has 0 fully saturated rings. The van der Waals surface area contributed by atoms with Crippen LogP contribution < -0.4 is 0 Å². The van der Waals surface area contributed by atoms with E-state index in [2.05, 4.69) is 37.3 Å². The smallest absolute Gasteiger partial charge is 0.239 e. The molecule has 0 saturated heterocycles. The molecule has 0 radical (unpaired) electrons. The van der Waals surface area contributed by atoms with Crippen LogP contribution in [-0.4, -0.2) is 79.0 Å². The standard InChI is InChI=1S/C15H33N3OS/c1-9-13(11-12-17(5)20(7)8)18(6)15(19)14(10-2)16(3)4/h13-14H,7,9-12H2,1-6,8H3. The summed E-state index contributed by atoms with van der Waals surface area (Å²) in [5, 5.41) is 0. The first-order valence-corrected chi connectivity index (χ1v) is 9.12. The Kier molecular flexibility index (Phi) is 9.34. The molecule has 0 aromatic carbocycles. The molecule has 0 spiro atoms. The molecule has 0 saturated carbocycles. The Morgan fingerprint density at radius 3 is 2.05 bits per heavy atom. The minimum atomic E-state index is -0.0135. The van der Waals surface area contributed by atoms with E-state index >= 15 is 0 Å². The molecule has 0 bridgehead atoms.